The largest absolute Gasteiger partial charge is 0.416 e. The van der Waals surface area contributed by atoms with Gasteiger partial charge in [-0.1, -0.05) is 6.07 Å². The van der Waals surface area contributed by atoms with Crippen LogP contribution in [0.25, 0.3) is 11.0 Å². The third-order valence-electron chi connectivity index (χ3n) is 5.44. The molecule has 0 atom stereocenters. The van der Waals surface area contributed by atoms with Crippen LogP contribution in [0.2, 0.25) is 0 Å². The van der Waals surface area contributed by atoms with Gasteiger partial charge in [0.2, 0.25) is 0 Å². The van der Waals surface area contributed by atoms with E-state index in [0.29, 0.717) is 48.7 Å². The zero-order chi connectivity index (χ0) is 23.0. The van der Waals surface area contributed by atoms with Gasteiger partial charge in [-0.25, -0.2) is 9.59 Å². The summed E-state index contributed by atoms with van der Waals surface area (Å²) in [5, 5.41) is 5.17. The summed E-state index contributed by atoms with van der Waals surface area (Å²) in [6.45, 7) is 2.22. The van der Waals surface area contributed by atoms with Crippen LogP contribution in [0.4, 0.5) is 35.0 Å². The number of benzene rings is 2. The number of hydrogen-bond donors (Lipinski definition) is 2. The predicted octanol–water partition coefficient (Wildman–Crippen LogP) is 3.38. The van der Waals surface area contributed by atoms with Crippen LogP contribution in [0.1, 0.15) is 5.56 Å². The van der Waals surface area contributed by atoms with Crippen LogP contribution in [0, 0.1) is 0 Å². The Morgan fingerprint density at radius 1 is 1.00 bits per heavy atom. The number of rotatable bonds is 3. The van der Waals surface area contributed by atoms with Gasteiger partial charge in [0.15, 0.2) is 0 Å². The number of carbonyl (C=O) groups excluding carboxylic acids is 1. The highest BCUT2D eigenvalue weighted by molar-refractivity contribution is 6.04. The van der Waals surface area contributed by atoms with E-state index in [1.807, 2.05) is 11.0 Å². The molecule has 0 bridgehead atoms. The van der Waals surface area contributed by atoms with Gasteiger partial charge in [-0.2, -0.15) is 13.2 Å². The molecule has 1 saturated heterocycles. The van der Waals surface area contributed by atoms with Crippen LogP contribution in [0.15, 0.2) is 41.2 Å². The first-order valence-electron chi connectivity index (χ1n) is 9.92. The fourth-order valence-electron chi connectivity index (χ4n) is 3.76. The van der Waals surface area contributed by atoms with E-state index < -0.39 is 17.8 Å². The normalized spacial score (nSPS) is 14.6. The van der Waals surface area contributed by atoms with Gasteiger partial charge in [-0.3, -0.25) is 9.13 Å². The van der Waals surface area contributed by atoms with Gasteiger partial charge in [0.1, 0.15) is 0 Å². The Kier molecular flexibility index (Phi) is 5.59. The van der Waals surface area contributed by atoms with Crippen molar-refractivity contribution in [2.75, 3.05) is 41.8 Å². The Balaban J connectivity index is 1.67. The van der Waals surface area contributed by atoms with Crippen LogP contribution in [0.5, 0.6) is 0 Å². The molecular formula is C21H22F3N5O3. The second-order valence-corrected chi connectivity index (χ2v) is 7.52. The van der Waals surface area contributed by atoms with Crippen molar-refractivity contribution in [2.45, 2.75) is 6.18 Å². The summed E-state index contributed by atoms with van der Waals surface area (Å²) < 4.78 is 47.3. The summed E-state index contributed by atoms with van der Waals surface area (Å²) >= 11 is 0. The van der Waals surface area contributed by atoms with Crippen LogP contribution in [0.3, 0.4) is 0 Å². The lowest BCUT2D eigenvalue weighted by molar-refractivity contribution is -0.137. The smallest absolute Gasteiger partial charge is 0.378 e. The number of hydrogen-bond acceptors (Lipinski definition) is 4. The van der Waals surface area contributed by atoms with Crippen LogP contribution in [-0.4, -0.2) is 41.5 Å². The molecule has 0 radical (unpaired) electrons. The summed E-state index contributed by atoms with van der Waals surface area (Å²) in [4.78, 5) is 27.0. The standard InChI is InChI=1S/C21H22F3N5O3/c1-27-17-11-15(26-19(30)25-14-5-3-4-13(10-14)21(22,23)24)16(29-6-8-32-9-7-29)12-18(17)28(2)20(27)31/h3-5,10-12H,6-9H2,1-2H3,(H2,25,26,30). The molecule has 0 spiro atoms. The number of fused-ring (bicyclic) bond motifs is 1. The molecule has 170 valence electrons. The quantitative estimate of drug-likeness (QED) is 0.643. The van der Waals surface area contributed by atoms with Crippen LogP contribution in [-0.2, 0) is 25.0 Å². The summed E-state index contributed by atoms with van der Waals surface area (Å²) in [6.07, 6.45) is -4.51. The Bertz CT molecular complexity index is 1230. The zero-order valence-electron chi connectivity index (χ0n) is 17.5. The number of nitrogens with one attached hydrogen (secondary N) is 2. The van der Waals surface area contributed by atoms with Gasteiger partial charge < -0.3 is 20.3 Å². The molecule has 2 heterocycles. The molecule has 4 rings (SSSR count). The molecule has 2 aromatic carbocycles. The SMILES string of the molecule is Cn1c(=O)n(C)c2cc(N3CCOCC3)c(NC(=O)Nc3cccc(C(F)(F)F)c3)cc21. The fourth-order valence-corrected chi connectivity index (χ4v) is 3.76. The maximum Gasteiger partial charge on any atom is 0.416 e. The van der Waals surface area contributed by atoms with E-state index >= 15 is 0 Å². The van der Waals surface area contributed by atoms with Gasteiger partial charge in [-0.05, 0) is 30.3 Å². The minimum Gasteiger partial charge on any atom is -0.378 e. The molecule has 0 saturated carbocycles. The van der Waals surface area contributed by atoms with Crippen molar-refractivity contribution in [1.82, 2.24) is 9.13 Å². The lowest BCUT2D eigenvalue weighted by atomic mass is 10.2. The number of urea groups is 1. The molecule has 0 unspecified atom stereocenters. The number of alkyl halides is 3. The molecule has 1 aromatic heterocycles. The van der Waals surface area contributed by atoms with E-state index in [4.69, 9.17) is 4.74 Å². The fraction of sp³-hybridized carbons (Fsp3) is 0.333. The summed E-state index contributed by atoms with van der Waals surface area (Å²) in [7, 11) is 3.30. The van der Waals surface area contributed by atoms with E-state index in [2.05, 4.69) is 10.6 Å². The van der Waals surface area contributed by atoms with Gasteiger partial charge in [-0.15, -0.1) is 0 Å². The Hall–Kier alpha value is -3.47. The molecule has 3 aromatic rings. The van der Waals surface area contributed by atoms with Crippen molar-refractivity contribution in [1.29, 1.82) is 0 Å². The highest BCUT2D eigenvalue weighted by Crippen LogP contribution is 2.33. The number of amides is 2. The molecule has 32 heavy (non-hydrogen) atoms. The number of halogens is 3. The van der Waals surface area contributed by atoms with Crippen molar-refractivity contribution in [3.8, 4) is 0 Å². The number of ether oxygens (including phenoxy) is 1. The number of aromatic nitrogens is 2. The van der Waals surface area contributed by atoms with Crippen LogP contribution < -0.4 is 21.2 Å². The molecule has 8 nitrogen and oxygen atoms in total. The van der Waals surface area contributed by atoms with Gasteiger partial charge >= 0.3 is 17.9 Å². The first-order valence-corrected chi connectivity index (χ1v) is 9.92. The Morgan fingerprint density at radius 3 is 2.31 bits per heavy atom. The molecular weight excluding hydrogens is 427 g/mol. The van der Waals surface area contributed by atoms with Crippen molar-refractivity contribution in [2.24, 2.45) is 14.1 Å². The van der Waals surface area contributed by atoms with E-state index in [1.165, 1.54) is 21.3 Å². The number of nitrogens with zero attached hydrogens (tertiary/aromatic N) is 3. The second-order valence-electron chi connectivity index (χ2n) is 7.52. The van der Waals surface area contributed by atoms with E-state index in [1.54, 1.807) is 20.2 Å². The van der Waals surface area contributed by atoms with E-state index in [0.717, 1.165) is 12.1 Å². The summed E-state index contributed by atoms with van der Waals surface area (Å²) in [5.74, 6) is 0. The molecule has 1 fully saturated rings. The van der Waals surface area contributed by atoms with Crippen LogP contribution >= 0.6 is 0 Å². The first-order chi connectivity index (χ1) is 15.1. The minimum atomic E-state index is -4.51. The number of morpholine rings is 1. The Morgan fingerprint density at radius 2 is 1.66 bits per heavy atom. The summed E-state index contributed by atoms with van der Waals surface area (Å²) in [5.41, 5.74) is 1.39. The molecule has 11 heteroatoms. The Labute approximate surface area is 181 Å². The minimum absolute atomic E-state index is 0.0124. The van der Waals surface area contributed by atoms with Gasteiger partial charge in [0.05, 0.1) is 41.2 Å². The first kappa shape index (κ1) is 21.8. The van der Waals surface area contributed by atoms with Crippen molar-refractivity contribution in [3.05, 3.63) is 52.4 Å². The second kappa shape index (κ2) is 8.23. The van der Waals surface area contributed by atoms with Gasteiger partial charge in [0.25, 0.3) is 0 Å². The highest BCUT2D eigenvalue weighted by atomic mass is 19.4. The molecule has 2 N–H and O–H groups in total. The zero-order valence-corrected chi connectivity index (χ0v) is 17.5. The maximum atomic E-state index is 13.0. The van der Waals surface area contributed by atoms with Crippen molar-refractivity contribution in [3.63, 3.8) is 0 Å². The van der Waals surface area contributed by atoms with Gasteiger partial charge in [0, 0.05) is 32.9 Å². The van der Waals surface area contributed by atoms with Crippen molar-refractivity contribution < 1.29 is 22.7 Å². The summed E-state index contributed by atoms with van der Waals surface area (Å²) in [6, 6.07) is 7.22. The maximum absolute atomic E-state index is 13.0. The lowest BCUT2D eigenvalue weighted by Crippen LogP contribution is -2.37. The third kappa shape index (κ3) is 4.15. The average Bonchev–Trinajstić information content (AvgIpc) is 2.97. The number of anilines is 3. The molecule has 2 amide bonds. The average molecular weight is 449 g/mol. The lowest BCUT2D eigenvalue weighted by Gasteiger charge is -2.30. The molecule has 1 aliphatic rings. The number of carbonyl (C=O) groups is 1. The molecule has 0 aliphatic carbocycles. The number of aryl methyl sites for hydroxylation is 2. The van der Waals surface area contributed by atoms with Crippen molar-refractivity contribution >= 4 is 34.1 Å². The topological polar surface area (TPSA) is 80.5 Å². The van der Waals surface area contributed by atoms with E-state index in [-0.39, 0.29) is 11.4 Å². The molecule has 1 aliphatic heterocycles. The number of imidazole rings is 1. The predicted molar refractivity (Wildman–Crippen MR) is 115 cm³/mol. The van der Waals surface area contributed by atoms with E-state index in [9.17, 15) is 22.8 Å². The third-order valence-corrected chi connectivity index (χ3v) is 5.44. The monoisotopic (exact) mass is 449 g/mol. The highest BCUT2D eigenvalue weighted by Gasteiger charge is 2.30.